The standard InChI is InChI=1S/C24H33NO2/c1-25-23(27)13-4-2-3-8-16-24(17-9-7-12-22(24)26)21-15-14-19-10-5-6-11-20(19)18-21/h5-6,10-11,14-15,18,22,26H,2-4,7-9,12-13,16-17H2,1H3,(H,25,27). The molecule has 0 radical (unpaired) electrons. The van der Waals surface area contributed by atoms with Crippen LogP contribution in [-0.4, -0.2) is 24.2 Å². The first kappa shape index (κ1) is 19.9. The predicted molar refractivity (Wildman–Crippen MR) is 112 cm³/mol. The molecule has 2 aromatic rings. The van der Waals surface area contributed by atoms with E-state index in [0.717, 1.165) is 51.4 Å². The van der Waals surface area contributed by atoms with Crippen LogP contribution in [0.4, 0.5) is 0 Å². The number of hydrogen-bond acceptors (Lipinski definition) is 2. The Kier molecular flexibility index (Phi) is 6.89. The number of rotatable bonds is 8. The van der Waals surface area contributed by atoms with Crippen LogP contribution in [0.15, 0.2) is 42.5 Å². The molecule has 0 bridgehead atoms. The summed E-state index contributed by atoms with van der Waals surface area (Å²) in [6.07, 6.45) is 9.97. The van der Waals surface area contributed by atoms with Gasteiger partial charge < -0.3 is 10.4 Å². The number of aliphatic hydroxyl groups excluding tert-OH is 1. The maximum Gasteiger partial charge on any atom is 0.219 e. The Labute approximate surface area is 163 Å². The first-order valence-corrected chi connectivity index (χ1v) is 10.5. The largest absolute Gasteiger partial charge is 0.392 e. The summed E-state index contributed by atoms with van der Waals surface area (Å²) < 4.78 is 0. The number of carbonyl (C=O) groups excluding carboxylic acids is 1. The smallest absolute Gasteiger partial charge is 0.219 e. The van der Waals surface area contributed by atoms with Crippen molar-refractivity contribution in [1.29, 1.82) is 0 Å². The Bertz CT molecular complexity index is 757. The molecule has 0 heterocycles. The molecule has 2 unspecified atom stereocenters. The van der Waals surface area contributed by atoms with Crippen molar-refractivity contribution < 1.29 is 9.90 Å². The van der Waals surface area contributed by atoms with Crippen LogP contribution in [0.2, 0.25) is 0 Å². The fourth-order valence-corrected chi connectivity index (χ4v) is 4.70. The number of amides is 1. The van der Waals surface area contributed by atoms with Crippen molar-refractivity contribution in [1.82, 2.24) is 5.32 Å². The van der Waals surface area contributed by atoms with Gasteiger partial charge in [0.2, 0.25) is 5.91 Å². The van der Waals surface area contributed by atoms with E-state index in [1.54, 1.807) is 7.05 Å². The Morgan fingerprint density at radius 1 is 1.07 bits per heavy atom. The van der Waals surface area contributed by atoms with Gasteiger partial charge in [0.05, 0.1) is 6.10 Å². The van der Waals surface area contributed by atoms with Gasteiger partial charge in [0, 0.05) is 18.9 Å². The van der Waals surface area contributed by atoms with Crippen molar-refractivity contribution in [2.45, 2.75) is 75.7 Å². The second-order valence-electron chi connectivity index (χ2n) is 8.07. The molecule has 2 N–H and O–H groups in total. The van der Waals surface area contributed by atoms with E-state index >= 15 is 0 Å². The summed E-state index contributed by atoms with van der Waals surface area (Å²) in [6, 6.07) is 15.2. The van der Waals surface area contributed by atoms with Gasteiger partial charge in [0.15, 0.2) is 0 Å². The molecular formula is C24H33NO2. The van der Waals surface area contributed by atoms with E-state index in [0.29, 0.717) is 6.42 Å². The summed E-state index contributed by atoms with van der Waals surface area (Å²) in [7, 11) is 1.69. The van der Waals surface area contributed by atoms with Crippen LogP contribution in [0.25, 0.3) is 10.8 Å². The molecule has 0 aromatic heterocycles. The van der Waals surface area contributed by atoms with Gasteiger partial charge in [-0.25, -0.2) is 0 Å². The molecule has 3 heteroatoms. The van der Waals surface area contributed by atoms with Crippen molar-refractivity contribution in [3.05, 3.63) is 48.0 Å². The lowest BCUT2D eigenvalue weighted by atomic mass is 9.64. The lowest BCUT2D eigenvalue weighted by Gasteiger charge is -2.42. The fraction of sp³-hybridized carbons (Fsp3) is 0.542. The molecule has 0 spiro atoms. The van der Waals surface area contributed by atoms with E-state index in [2.05, 4.69) is 47.8 Å². The highest BCUT2D eigenvalue weighted by atomic mass is 16.3. The predicted octanol–water partition coefficient (Wildman–Crippen LogP) is 5.10. The van der Waals surface area contributed by atoms with E-state index in [4.69, 9.17) is 0 Å². The van der Waals surface area contributed by atoms with Crippen molar-refractivity contribution in [3.63, 3.8) is 0 Å². The normalized spacial score (nSPS) is 22.7. The number of unbranched alkanes of at least 4 members (excludes halogenated alkanes) is 3. The molecule has 27 heavy (non-hydrogen) atoms. The molecule has 2 aromatic carbocycles. The van der Waals surface area contributed by atoms with Crippen LogP contribution in [-0.2, 0) is 10.2 Å². The van der Waals surface area contributed by atoms with E-state index in [1.165, 1.54) is 22.8 Å². The SMILES string of the molecule is CNC(=O)CCCCCCC1(c2ccc3ccccc3c2)CCCCC1O. The Hall–Kier alpha value is -1.87. The van der Waals surface area contributed by atoms with Crippen molar-refractivity contribution >= 4 is 16.7 Å². The van der Waals surface area contributed by atoms with E-state index in [9.17, 15) is 9.90 Å². The van der Waals surface area contributed by atoms with Gasteiger partial charge in [-0.2, -0.15) is 0 Å². The van der Waals surface area contributed by atoms with Crippen LogP contribution in [0.1, 0.15) is 69.8 Å². The molecule has 1 saturated carbocycles. The van der Waals surface area contributed by atoms with Gasteiger partial charge >= 0.3 is 0 Å². The number of aliphatic hydroxyl groups is 1. The molecule has 146 valence electrons. The second-order valence-corrected chi connectivity index (χ2v) is 8.07. The molecule has 1 aliphatic rings. The lowest BCUT2D eigenvalue weighted by molar-refractivity contribution is -0.120. The lowest BCUT2D eigenvalue weighted by Crippen LogP contribution is -2.42. The van der Waals surface area contributed by atoms with Gasteiger partial charge in [-0.3, -0.25) is 4.79 Å². The Morgan fingerprint density at radius 3 is 2.63 bits per heavy atom. The zero-order valence-corrected chi connectivity index (χ0v) is 16.5. The molecule has 2 atom stereocenters. The van der Waals surface area contributed by atoms with Crippen LogP contribution in [0.3, 0.4) is 0 Å². The van der Waals surface area contributed by atoms with E-state index in [1.807, 2.05) is 0 Å². The number of benzene rings is 2. The van der Waals surface area contributed by atoms with Gasteiger partial charge in [-0.1, -0.05) is 74.6 Å². The highest BCUT2D eigenvalue weighted by molar-refractivity contribution is 5.83. The molecule has 3 nitrogen and oxygen atoms in total. The van der Waals surface area contributed by atoms with Crippen LogP contribution in [0.5, 0.6) is 0 Å². The molecule has 1 aliphatic carbocycles. The minimum Gasteiger partial charge on any atom is -0.392 e. The third-order valence-corrected chi connectivity index (χ3v) is 6.37. The number of hydrogen-bond donors (Lipinski definition) is 2. The molecule has 1 amide bonds. The average Bonchev–Trinajstić information content (AvgIpc) is 2.71. The Balaban J connectivity index is 1.69. The zero-order valence-electron chi connectivity index (χ0n) is 16.5. The summed E-state index contributed by atoms with van der Waals surface area (Å²) >= 11 is 0. The van der Waals surface area contributed by atoms with E-state index in [-0.39, 0.29) is 17.4 Å². The minimum atomic E-state index is -0.252. The summed E-state index contributed by atoms with van der Waals surface area (Å²) in [4.78, 5) is 11.3. The topological polar surface area (TPSA) is 49.3 Å². The maximum atomic E-state index is 11.3. The quantitative estimate of drug-likeness (QED) is 0.638. The number of carbonyl (C=O) groups is 1. The van der Waals surface area contributed by atoms with Crippen LogP contribution >= 0.6 is 0 Å². The molecule has 3 rings (SSSR count). The summed E-state index contributed by atoms with van der Waals surface area (Å²) in [5, 5.41) is 16.2. The van der Waals surface area contributed by atoms with Gasteiger partial charge in [0.1, 0.15) is 0 Å². The highest BCUT2D eigenvalue weighted by Crippen LogP contribution is 2.44. The van der Waals surface area contributed by atoms with Crippen molar-refractivity contribution in [2.75, 3.05) is 7.05 Å². The van der Waals surface area contributed by atoms with Crippen molar-refractivity contribution in [2.24, 2.45) is 0 Å². The number of fused-ring (bicyclic) bond motifs is 1. The van der Waals surface area contributed by atoms with Crippen molar-refractivity contribution in [3.8, 4) is 0 Å². The summed E-state index contributed by atoms with van der Waals surface area (Å²) in [5.41, 5.74) is 1.20. The monoisotopic (exact) mass is 367 g/mol. The first-order chi connectivity index (χ1) is 13.2. The van der Waals surface area contributed by atoms with Crippen LogP contribution in [0, 0.1) is 0 Å². The molecule has 0 saturated heterocycles. The van der Waals surface area contributed by atoms with E-state index < -0.39 is 0 Å². The molecule has 1 fully saturated rings. The first-order valence-electron chi connectivity index (χ1n) is 10.5. The Morgan fingerprint density at radius 2 is 1.85 bits per heavy atom. The number of nitrogens with one attached hydrogen (secondary N) is 1. The zero-order chi connectivity index (χ0) is 19.1. The highest BCUT2D eigenvalue weighted by Gasteiger charge is 2.40. The summed E-state index contributed by atoms with van der Waals surface area (Å²) in [5.74, 6) is 0.130. The van der Waals surface area contributed by atoms with Gasteiger partial charge in [0.25, 0.3) is 0 Å². The minimum absolute atomic E-state index is 0.108. The third kappa shape index (κ3) is 4.70. The third-order valence-electron chi connectivity index (χ3n) is 6.37. The van der Waals surface area contributed by atoms with Gasteiger partial charge in [-0.15, -0.1) is 0 Å². The average molecular weight is 368 g/mol. The molecule has 0 aliphatic heterocycles. The maximum absolute atomic E-state index is 11.3. The molecular weight excluding hydrogens is 334 g/mol. The summed E-state index contributed by atoms with van der Waals surface area (Å²) in [6.45, 7) is 0. The fourth-order valence-electron chi connectivity index (χ4n) is 4.70. The van der Waals surface area contributed by atoms with Gasteiger partial charge in [-0.05, 0) is 42.0 Å². The second kappa shape index (κ2) is 9.36. The van der Waals surface area contributed by atoms with Crippen LogP contribution < -0.4 is 5.32 Å².